The van der Waals surface area contributed by atoms with E-state index < -0.39 is 0 Å². The third kappa shape index (κ3) is 3.90. The van der Waals surface area contributed by atoms with Crippen LogP contribution in [0.15, 0.2) is 39.4 Å². The van der Waals surface area contributed by atoms with E-state index >= 15 is 0 Å². The Balaban J connectivity index is 1.35. The smallest absolute Gasteiger partial charge is 0.180 e. The Bertz CT molecular complexity index is 1290. The number of nitrogens with zero attached hydrogens (tertiary/aromatic N) is 5. The minimum Gasteiger partial charge on any atom is -0.454 e. The van der Waals surface area contributed by atoms with Crippen LogP contribution in [0.3, 0.4) is 0 Å². The van der Waals surface area contributed by atoms with Crippen molar-refractivity contribution < 1.29 is 4.42 Å². The van der Waals surface area contributed by atoms with Crippen molar-refractivity contribution in [3.63, 3.8) is 0 Å². The molecule has 5 rings (SSSR count). The SMILES string of the molecule is CC(C)(C)c1csc(-c2cc3cc(Cc4nc(Cc5nn[nH]n5)cs4)ccc3o2)n1. The average molecular weight is 437 g/mol. The fraction of sp³-hybridized carbons (Fsp3) is 0.286. The van der Waals surface area contributed by atoms with Gasteiger partial charge in [-0.25, -0.2) is 9.97 Å². The highest BCUT2D eigenvalue weighted by atomic mass is 32.1. The Morgan fingerprint density at radius 2 is 1.93 bits per heavy atom. The number of aromatic amines is 1. The number of H-pyrrole nitrogens is 1. The molecule has 0 radical (unpaired) electrons. The third-order valence-electron chi connectivity index (χ3n) is 4.75. The van der Waals surface area contributed by atoms with Crippen LogP contribution in [0.5, 0.6) is 0 Å². The molecule has 0 aliphatic carbocycles. The van der Waals surface area contributed by atoms with Crippen molar-refractivity contribution in [2.75, 3.05) is 0 Å². The predicted molar refractivity (Wildman–Crippen MR) is 118 cm³/mol. The van der Waals surface area contributed by atoms with E-state index in [0.717, 1.165) is 44.6 Å². The second-order valence-electron chi connectivity index (χ2n) is 8.18. The van der Waals surface area contributed by atoms with E-state index in [0.29, 0.717) is 12.2 Å². The highest BCUT2D eigenvalue weighted by Gasteiger charge is 2.19. The second-order valence-corrected chi connectivity index (χ2v) is 9.99. The second kappa shape index (κ2) is 7.41. The molecule has 0 saturated carbocycles. The topological polar surface area (TPSA) is 93.4 Å². The molecule has 0 bridgehead atoms. The highest BCUT2D eigenvalue weighted by Crippen LogP contribution is 2.33. The van der Waals surface area contributed by atoms with E-state index in [1.54, 1.807) is 22.7 Å². The largest absolute Gasteiger partial charge is 0.454 e. The molecular formula is C21H20N6OS2. The van der Waals surface area contributed by atoms with Gasteiger partial charge in [0.25, 0.3) is 0 Å². The number of benzene rings is 1. The quantitative estimate of drug-likeness (QED) is 0.416. The maximum Gasteiger partial charge on any atom is 0.180 e. The van der Waals surface area contributed by atoms with Gasteiger partial charge < -0.3 is 4.42 Å². The molecule has 9 heteroatoms. The standard InChI is InChI=1S/C21H20N6OS2/c1-21(2,3)17-11-30-20(23-17)16-8-13-6-12(4-5-15(13)28-16)7-19-22-14(10-29-19)9-18-24-26-27-25-18/h4-6,8,10-11H,7,9H2,1-3H3,(H,24,25,26,27). The Hall–Kier alpha value is -2.91. The number of fused-ring (bicyclic) bond motifs is 1. The number of tetrazole rings is 1. The van der Waals surface area contributed by atoms with Gasteiger partial charge in [-0.05, 0) is 23.8 Å². The zero-order chi connectivity index (χ0) is 20.7. The molecule has 4 aromatic heterocycles. The first kappa shape index (κ1) is 19.1. The van der Waals surface area contributed by atoms with Crippen LogP contribution in [0.4, 0.5) is 0 Å². The predicted octanol–water partition coefficient (Wildman–Crippen LogP) is 5.01. The molecule has 4 heterocycles. The Labute approximate surface area is 181 Å². The Morgan fingerprint density at radius 3 is 2.70 bits per heavy atom. The van der Waals surface area contributed by atoms with Crippen LogP contribution >= 0.6 is 22.7 Å². The summed E-state index contributed by atoms with van der Waals surface area (Å²) in [4.78, 5) is 9.47. The molecule has 152 valence electrons. The van der Waals surface area contributed by atoms with Gasteiger partial charge in [-0.3, -0.25) is 0 Å². The molecule has 0 aliphatic heterocycles. The van der Waals surface area contributed by atoms with Crippen LogP contribution in [0.25, 0.3) is 21.7 Å². The van der Waals surface area contributed by atoms with Crippen molar-refractivity contribution in [1.82, 2.24) is 30.6 Å². The van der Waals surface area contributed by atoms with E-state index in [2.05, 4.69) is 70.4 Å². The Kier molecular flexibility index (Phi) is 4.71. The first-order valence-electron chi connectivity index (χ1n) is 9.58. The lowest BCUT2D eigenvalue weighted by Crippen LogP contribution is -2.11. The van der Waals surface area contributed by atoms with Crippen LogP contribution in [-0.4, -0.2) is 30.6 Å². The summed E-state index contributed by atoms with van der Waals surface area (Å²) in [6.45, 7) is 6.51. The number of hydrogen-bond acceptors (Lipinski definition) is 8. The molecule has 1 N–H and O–H groups in total. The zero-order valence-corrected chi connectivity index (χ0v) is 18.5. The number of nitrogens with one attached hydrogen (secondary N) is 1. The molecule has 0 atom stereocenters. The van der Waals surface area contributed by atoms with Crippen molar-refractivity contribution >= 4 is 33.6 Å². The van der Waals surface area contributed by atoms with Crippen LogP contribution < -0.4 is 0 Å². The zero-order valence-electron chi connectivity index (χ0n) is 16.8. The molecule has 0 spiro atoms. The van der Waals surface area contributed by atoms with Gasteiger partial charge in [-0.2, -0.15) is 5.21 Å². The summed E-state index contributed by atoms with van der Waals surface area (Å²) in [5.41, 5.74) is 4.15. The summed E-state index contributed by atoms with van der Waals surface area (Å²) in [5.74, 6) is 1.47. The van der Waals surface area contributed by atoms with Crippen molar-refractivity contribution in [3.8, 4) is 10.8 Å². The molecule has 0 amide bonds. The molecule has 1 aromatic carbocycles. The lowest BCUT2D eigenvalue weighted by molar-refractivity contribution is 0.571. The van der Waals surface area contributed by atoms with Crippen LogP contribution in [0, 0.1) is 0 Å². The molecule has 5 aromatic rings. The summed E-state index contributed by atoms with van der Waals surface area (Å²) < 4.78 is 6.06. The number of thiazole rings is 2. The van der Waals surface area contributed by atoms with Gasteiger partial charge in [0.1, 0.15) is 5.58 Å². The van der Waals surface area contributed by atoms with Gasteiger partial charge in [0.05, 0.1) is 22.8 Å². The summed E-state index contributed by atoms with van der Waals surface area (Å²) >= 11 is 3.28. The lowest BCUT2D eigenvalue weighted by atomic mass is 9.93. The van der Waals surface area contributed by atoms with E-state index in [4.69, 9.17) is 14.4 Å². The van der Waals surface area contributed by atoms with E-state index in [-0.39, 0.29) is 5.41 Å². The highest BCUT2D eigenvalue weighted by molar-refractivity contribution is 7.13. The summed E-state index contributed by atoms with van der Waals surface area (Å²) in [6.07, 6.45) is 1.36. The normalized spacial score (nSPS) is 12.1. The van der Waals surface area contributed by atoms with Crippen LogP contribution in [0.1, 0.15) is 48.6 Å². The fourth-order valence-corrected chi connectivity index (χ4v) is 4.97. The molecule has 0 saturated heterocycles. The minimum absolute atomic E-state index is 0.0320. The molecule has 7 nitrogen and oxygen atoms in total. The van der Waals surface area contributed by atoms with Gasteiger partial charge >= 0.3 is 0 Å². The summed E-state index contributed by atoms with van der Waals surface area (Å²) in [6, 6.07) is 8.37. The summed E-state index contributed by atoms with van der Waals surface area (Å²) in [5, 5.41) is 21.2. The maximum absolute atomic E-state index is 6.06. The van der Waals surface area contributed by atoms with Crippen molar-refractivity contribution in [1.29, 1.82) is 0 Å². The number of aromatic nitrogens is 6. The van der Waals surface area contributed by atoms with Gasteiger partial charge in [-0.15, -0.1) is 32.9 Å². The number of rotatable bonds is 5. The van der Waals surface area contributed by atoms with Crippen LogP contribution in [0.2, 0.25) is 0 Å². The lowest BCUT2D eigenvalue weighted by Gasteiger charge is -2.13. The van der Waals surface area contributed by atoms with Gasteiger partial charge in [0.15, 0.2) is 16.6 Å². The van der Waals surface area contributed by atoms with E-state index in [9.17, 15) is 0 Å². The minimum atomic E-state index is 0.0320. The van der Waals surface area contributed by atoms with Crippen molar-refractivity contribution in [3.05, 3.63) is 62.8 Å². The van der Waals surface area contributed by atoms with Gasteiger partial charge in [-0.1, -0.05) is 32.1 Å². The van der Waals surface area contributed by atoms with E-state index in [1.165, 1.54) is 5.56 Å². The number of furan rings is 1. The Morgan fingerprint density at radius 1 is 1.03 bits per heavy atom. The molecule has 0 unspecified atom stereocenters. The maximum atomic E-state index is 6.06. The van der Waals surface area contributed by atoms with Gasteiger partial charge in [0, 0.05) is 28.0 Å². The fourth-order valence-electron chi connectivity index (χ4n) is 3.14. The average Bonchev–Trinajstić information content (AvgIpc) is 3.48. The first-order valence-corrected chi connectivity index (χ1v) is 11.3. The monoisotopic (exact) mass is 436 g/mol. The van der Waals surface area contributed by atoms with Crippen molar-refractivity contribution in [2.24, 2.45) is 0 Å². The van der Waals surface area contributed by atoms with Crippen molar-refractivity contribution in [2.45, 2.75) is 39.0 Å². The molecule has 30 heavy (non-hydrogen) atoms. The first-order chi connectivity index (χ1) is 14.4. The molecule has 0 aliphatic rings. The van der Waals surface area contributed by atoms with E-state index in [1.807, 2.05) is 6.07 Å². The molecule has 0 fully saturated rings. The third-order valence-corrected chi connectivity index (χ3v) is 6.50. The summed E-state index contributed by atoms with van der Waals surface area (Å²) in [7, 11) is 0. The van der Waals surface area contributed by atoms with Crippen LogP contribution in [-0.2, 0) is 18.3 Å². The molecular weight excluding hydrogens is 416 g/mol. The number of hydrogen-bond donors (Lipinski definition) is 1. The van der Waals surface area contributed by atoms with Gasteiger partial charge in [0.2, 0.25) is 0 Å².